The minimum absolute atomic E-state index is 0.385. The highest BCUT2D eigenvalue weighted by Crippen LogP contribution is 2.36. The Balaban J connectivity index is 1.54. The largest absolute Gasteiger partial charge is 0.207 e. The van der Waals surface area contributed by atoms with Crippen LogP contribution in [0.1, 0.15) is 75.8 Å². The molecule has 1 aromatic rings. The van der Waals surface area contributed by atoms with E-state index in [2.05, 4.69) is 6.92 Å². The van der Waals surface area contributed by atoms with Gasteiger partial charge in [-0.2, -0.15) is 0 Å². The number of allylic oxidation sites excluding steroid dienone is 1. The molecule has 0 saturated heterocycles. The molecule has 0 heterocycles. The zero-order valence-corrected chi connectivity index (χ0v) is 14.2. The third-order valence-electron chi connectivity index (χ3n) is 5.79. The van der Waals surface area contributed by atoms with Crippen LogP contribution in [0.25, 0.3) is 6.08 Å². The molecule has 0 nitrogen and oxygen atoms in total. The molecule has 0 N–H and O–H groups in total. The molecule has 23 heavy (non-hydrogen) atoms. The first-order valence-corrected chi connectivity index (χ1v) is 9.33. The highest BCUT2D eigenvalue weighted by Gasteiger charge is 2.21. The molecular formula is C21H28F2. The number of rotatable bonds is 5. The summed E-state index contributed by atoms with van der Waals surface area (Å²) >= 11 is 0. The molecule has 0 aliphatic heterocycles. The lowest BCUT2D eigenvalue weighted by Crippen LogP contribution is -2.15. The molecule has 0 spiro atoms. The summed E-state index contributed by atoms with van der Waals surface area (Å²) in [6, 6.07) is 2.49. The molecule has 2 aliphatic carbocycles. The zero-order chi connectivity index (χ0) is 16.2. The summed E-state index contributed by atoms with van der Waals surface area (Å²) < 4.78 is 27.2. The van der Waals surface area contributed by atoms with E-state index in [0.717, 1.165) is 42.7 Å². The van der Waals surface area contributed by atoms with Crippen molar-refractivity contribution in [1.29, 1.82) is 0 Å². The van der Waals surface area contributed by atoms with Crippen LogP contribution in [0.4, 0.5) is 8.78 Å². The van der Waals surface area contributed by atoms with Crippen LogP contribution in [-0.2, 0) is 6.42 Å². The van der Waals surface area contributed by atoms with Gasteiger partial charge in [-0.15, -0.1) is 0 Å². The summed E-state index contributed by atoms with van der Waals surface area (Å²) in [5.41, 5.74) is 2.82. The first-order valence-electron chi connectivity index (χ1n) is 9.33. The van der Waals surface area contributed by atoms with Gasteiger partial charge in [0.2, 0.25) is 0 Å². The predicted molar refractivity (Wildman–Crippen MR) is 92.2 cm³/mol. The van der Waals surface area contributed by atoms with Crippen LogP contribution in [0, 0.1) is 23.5 Å². The maximum absolute atomic E-state index is 13.8. The second-order valence-electron chi connectivity index (χ2n) is 7.47. The Kier molecular flexibility index (Phi) is 5.50. The Morgan fingerprint density at radius 3 is 2.35 bits per heavy atom. The molecule has 0 bridgehead atoms. The van der Waals surface area contributed by atoms with Gasteiger partial charge in [0, 0.05) is 6.07 Å². The van der Waals surface area contributed by atoms with E-state index in [1.54, 1.807) is 0 Å². The van der Waals surface area contributed by atoms with Gasteiger partial charge in [-0.05, 0) is 54.7 Å². The maximum Gasteiger partial charge on any atom is 0.129 e. The summed E-state index contributed by atoms with van der Waals surface area (Å²) in [5, 5.41) is 0. The van der Waals surface area contributed by atoms with Crippen LogP contribution < -0.4 is 0 Å². The summed E-state index contributed by atoms with van der Waals surface area (Å²) in [4.78, 5) is 0. The van der Waals surface area contributed by atoms with Crippen molar-refractivity contribution in [2.24, 2.45) is 11.8 Å². The van der Waals surface area contributed by atoms with Crippen LogP contribution in [0.2, 0.25) is 0 Å². The highest BCUT2D eigenvalue weighted by atomic mass is 19.1. The van der Waals surface area contributed by atoms with E-state index >= 15 is 0 Å². The Morgan fingerprint density at radius 2 is 1.65 bits per heavy atom. The normalized spacial score (nSPS) is 24.2. The minimum atomic E-state index is -0.465. The number of hydrogen-bond donors (Lipinski definition) is 0. The van der Waals surface area contributed by atoms with Crippen LogP contribution in [0.15, 0.2) is 17.7 Å². The lowest BCUT2D eigenvalue weighted by molar-refractivity contribution is 0.252. The molecule has 1 aromatic carbocycles. The molecule has 1 saturated carbocycles. The van der Waals surface area contributed by atoms with Crippen molar-refractivity contribution in [1.82, 2.24) is 0 Å². The topological polar surface area (TPSA) is 0 Å². The van der Waals surface area contributed by atoms with Crippen molar-refractivity contribution >= 4 is 6.08 Å². The van der Waals surface area contributed by atoms with Crippen LogP contribution in [0.5, 0.6) is 0 Å². The van der Waals surface area contributed by atoms with E-state index in [1.165, 1.54) is 56.6 Å². The molecule has 0 atom stereocenters. The molecule has 0 amide bonds. The quantitative estimate of drug-likeness (QED) is 0.568. The fraction of sp³-hybridized carbons (Fsp3) is 0.619. The number of halogens is 2. The first-order chi connectivity index (χ1) is 11.2. The van der Waals surface area contributed by atoms with E-state index in [-0.39, 0.29) is 5.82 Å². The van der Waals surface area contributed by atoms with Gasteiger partial charge in [-0.25, -0.2) is 8.78 Å². The van der Waals surface area contributed by atoms with Crippen LogP contribution in [0.3, 0.4) is 0 Å². The predicted octanol–water partition coefficient (Wildman–Crippen LogP) is 6.68. The Bertz CT molecular complexity index is 565. The third-order valence-corrected chi connectivity index (χ3v) is 5.79. The second kappa shape index (κ2) is 7.59. The van der Waals surface area contributed by atoms with Crippen molar-refractivity contribution in [2.75, 3.05) is 0 Å². The fourth-order valence-electron chi connectivity index (χ4n) is 4.40. The minimum Gasteiger partial charge on any atom is -0.207 e. The first kappa shape index (κ1) is 16.7. The monoisotopic (exact) mass is 318 g/mol. The van der Waals surface area contributed by atoms with Crippen molar-refractivity contribution < 1.29 is 8.78 Å². The van der Waals surface area contributed by atoms with Gasteiger partial charge in [0.1, 0.15) is 11.6 Å². The van der Waals surface area contributed by atoms with Crippen molar-refractivity contribution in [2.45, 2.75) is 71.1 Å². The lowest BCUT2D eigenvalue weighted by atomic mass is 9.77. The zero-order valence-electron chi connectivity index (χ0n) is 14.2. The molecule has 2 heteroatoms. The average molecular weight is 318 g/mol. The van der Waals surface area contributed by atoms with Gasteiger partial charge in [0.05, 0.1) is 0 Å². The lowest BCUT2D eigenvalue weighted by Gasteiger charge is -2.29. The van der Waals surface area contributed by atoms with Gasteiger partial charge >= 0.3 is 0 Å². The third kappa shape index (κ3) is 4.22. The molecular weight excluding hydrogens is 290 g/mol. The van der Waals surface area contributed by atoms with Crippen molar-refractivity contribution in [3.8, 4) is 0 Å². The molecule has 126 valence electrons. The van der Waals surface area contributed by atoms with Crippen LogP contribution >= 0.6 is 0 Å². The molecule has 2 aliphatic rings. The number of benzene rings is 1. The van der Waals surface area contributed by atoms with Gasteiger partial charge in [0.15, 0.2) is 0 Å². The van der Waals surface area contributed by atoms with Crippen LogP contribution in [-0.4, -0.2) is 0 Å². The van der Waals surface area contributed by atoms with E-state index in [1.807, 2.05) is 6.08 Å². The Hall–Kier alpha value is -1.18. The number of hydrogen-bond acceptors (Lipinski definition) is 0. The Labute approximate surface area is 139 Å². The summed E-state index contributed by atoms with van der Waals surface area (Å²) in [6.45, 7) is 2.28. The summed E-state index contributed by atoms with van der Waals surface area (Å²) in [7, 11) is 0. The molecule has 0 radical (unpaired) electrons. The van der Waals surface area contributed by atoms with Gasteiger partial charge in [-0.3, -0.25) is 0 Å². The van der Waals surface area contributed by atoms with Crippen molar-refractivity contribution in [3.63, 3.8) is 0 Å². The summed E-state index contributed by atoms with van der Waals surface area (Å²) in [6.07, 6.45) is 14.3. The number of fused-ring (bicyclic) bond motifs is 1. The highest BCUT2D eigenvalue weighted by molar-refractivity contribution is 5.60. The van der Waals surface area contributed by atoms with E-state index < -0.39 is 5.82 Å². The summed E-state index contributed by atoms with van der Waals surface area (Å²) in [5.74, 6) is 0.968. The van der Waals surface area contributed by atoms with E-state index in [4.69, 9.17) is 0 Å². The van der Waals surface area contributed by atoms with Gasteiger partial charge < -0.3 is 0 Å². The van der Waals surface area contributed by atoms with Gasteiger partial charge in [0.25, 0.3) is 0 Å². The molecule has 3 rings (SSSR count). The molecule has 1 fully saturated rings. The van der Waals surface area contributed by atoms with E-state index in [0.29, 0.717) is 5.56 Å². The second-order valence-corrected chi connectivity index (χ2v) is 7.47. The smallest absolute Gasteiger partial charge is 0.129 e. The SMILES string of the molecule is CCCC1CCC(CCC2=Cc3cc(F)cc(F)c3CC2)CC1. The standard InChI is InChI=1S/C21H28F2/c1-2-3-15-4-6-16(7-5-15)8-9-17-10-11-20-18(12-17)13-19(22)14-21(20)23/h12-16H,2-11H2,1H3. The average Bonchev–Trinajstić information content (AvgIpc) is 2.54. The van der Waals surface area contributed by atoms with E-state index in [9.17, 15) is 8.78 Å². The maximum atomic E-state index is 13.8. The molecule has 0 unspecified atom stereocenters. The van der Waals surface area contributed by atoms with Crippen molar-refractivity contribution in [3.05, 3.63) is 40.5 Å². The molecule has 0 aromatic heterocycles. The fourth-order valence-corrected chi connectivity index (χ4v) is 4.40. The van der Waals surface area contributed by atoms with Gasteiger partial charge in [-0.1, -0.05) is 57.1 Å². The Morgan fingerprint density at radius 1 is 0.957 bits per heavy atom.